The second-order valence-electron chi connectivity index (χ2n) is 3.41. The van der Waals surface area contributed by atoms with Crippen LogP contribution in [-0.2, 0) is 0 Å². The van der Waals surface area contributed by atoms with Crippen molar-refractivity contribution in [2.24, 2.45) is 0 Å². The Morgan fingerprint density at radius 3 is 2.82 bits per heavy atom. The number of halogens is 4. The summed E-state index contributed by atoms with van der Waals surface area (Å²) in [4.78, 5) is 3.79. The van der Waals surface area contributed by atoms with Gasteiger partial charge < -0.3 is 9.73 Å². The largest absolute Gasteiger partial charge is 0.464 e. The summed E-state index contributed by atoms with van der Waals surface area (Å²) >= 11 is 0. The summed E-state index contributed by atoms with van der Waals surface area (Å²) in [5.74, 6) is -4.00. The van der Waals surface area contributed by atoms with E-state index in [0.29, 0.717) is 11.0 Å². The summed E-state index contributed by atoms with van der Waals surface area (Å²) in [6.07, 6.45) is -1.00. The number of anilines is 1. The Morgan fingerprint density at radius 1 is 1.35 bits per heavy atom. The minimum atomic E-state index is -4.09. The molecule has 2 rings (SSSR count). The molecule has 2 heterocycles. The number of furan rings is 1. The van der Waals surface area contributed by atoms with Gasteiger partial charge in [-0.1, -0.05) is 0 Å². The van der Waals surface area contributed by atoms with Crippen molar-refractivity contribution in [2.75, 3.05) is 11.9 Å². The van der Waals surface area contributed by atoms with Gasteiger partial charge in [0, 0.05) is 6.20 Å². The maximum atomic E-state index is 12.7. The van der Waals surface area contributed by atoms with Crippen molar-refractivity contribution in [1.29, 1.82) is 0 Å². The first-order valence-electron chi connectivity index (χ1n) is 4.73. The van der Waals surface area contributed by atoms with Crippen molar-refractivity contribution >= 4 is 16.8 Å². The predicted molar refractivity (Wildman–Crippen MR) is 53.4 cm³/mol. The van der Waals surface area contributed by atoms with Crippen LogP contribution < -0.4 is 5.32 Å². The van der Waals surface area contributed by atoms with Crippen molar-refractivity contribution in [3.63, 3.8) is 0 Å². The molecule has 0 atom stereocenters. The average molecular weight is 248 g/mol. The number of alkyl halides is 4. The Labute approximate surface area is 93.4 Å². The Balaban J connectivity index is 2.17. The van der Waals surface area contributed by atoms with Crippen LogP contribution in [0.25, 0.3) is 11.0 Å². The molecule has 0 spiro atoms. The highest BCUT2D eigenvalue weighted by Crippen LogP contribution is 2.26. The summed E-state index contributed by atoms with van der Waals surface area (Å²) in [5.41, 5.74) is 0.447. The zero-order valence-electron chi connectivity index (χ0n) is 8.46. The molecular formula is C10H8F4N2O. The van der Waals surface area contributed by atoms with Gasteiger partial charge in [0.25, 0.3) is 0 Å². The predicted octanol–water partition coefficient (Wildman–Crippen LogP) is 3.14. The van der Waals surface area contributed by atoms with Crippen LogP contribution >= 0.6 is 0 Å². The van der Waals surface area contributed by atoms with E-state index in [-0.39, 0.29) is 5.82 Å². The lowest BCUT2D eigenvalue weighted by Crippen LogP contribution is -2.35. The number of fused-ring (bicyclic) bond motifs is 1. The van der Waals surface area contributed by atoms with Gasteiger partial charge in [0.05, 0.1) is 18.2 Å². The third-order valence-corrected chi connectivity index (χ3v) is 2.19. The highest BCUT2D eigenvalue weighted by atomic mass is 19.3. The standard InChI is InChI=1S/C10H8F4N2O/c11-9(12)10(13,14)5-16-8-6-2-4-17-7(6)1-3-15-8/h1-4,9H,5H2,(H,15,16). The number of hydrogen-bond donors (Lipinski definition) is 1. The molecule has 0 unspecified atom stereocenters. The number of rotatable bonds is 4. The van der Waals surface area contributed by atoms with Crippen LogP contribution in [0.4, 0.5) is 23.4 Å². The van der Waals surface area contributed by atoms with Gasteiger partial charge in [-0.25, -0.2) is 13.8 Å². The highest BCUT2D eigenvalue weighted by molar-refractivity contribution is 5.87. The van der Waals surface area contributed by atoms with Gasteiger partial charge in [-0.3, -0.25) is 0 Å². The topological polar surface area (TPSA) is 38.1 Å². The normalized spacial score (nSPS) is 12.3. The molecule has 92 valence electrons. The molecule has 0 aliphatic rings. The first-order chi connectivity index (χ1) is 8.00. The van der Waals surface area contributed by atoms with Gasteiger partial charge in [-0.05, 0) is 12.1 Å². The Morgan fingerprint density at radius 2 is 2.12 bits per heavy atom. The quantitative estimate of drug-likeness (QED) is 0.844. The lowest BCUT2D eigenvalue weighted by molar-refractivity contribution is -0.117. The van der Waals surface area contributed by atoms with E-state index in [1.807, 2.05) is 0 Å². The molecule has 3 nitrogen and oxygen atoms in total. The highest BCUT2D eigenvalue weighted by Gasteiger charge is 2.40. The maximum Gasteiger partial charge on any atom is 0.324 e. The van der Waals surface area contributed by atoms with Gasteiger partial charge in [0.1, 0.15) is 11.4 Å². The number of pyridine rings is 1. The van der Waals surface area contributed by atoms with E-state index in [1.165, 1.54) is 18.5 Å². The van der Waals surface area contributed by atoms with E-state index < -0.39 is 18.9 Å². The van der Waals surface area contributed by atoms with E-state index in [0.717, 1.165) is 0 Å². The van der Waals surface area contributed by atoms with Crippen LogP contribution in [0.15, 0.2) is 29.0 Å². The minimum absolute atomic E-state index is 0.0941. The SMILES string of the molecule is FC(F)C(F)(F)CNc1nccc2occc12. The smallest absolute Gasteiger partial charge is 0.324 e. The van der Waals surface area contributed by atoms with Gasteiger partial charge in [0.2, 0.25) is 0 Å². The van der Waals surface area contributed by atoms with E-state index in [2.05, 4.69) is 10.3 Å². The number of nitrogens with one attached hydrogen (secondary N) is 1. The summed E-state index contributed by atoms with van der Waals surface area (Å²) in [5, 5.41) is 2.66. The zero-order chi connectivity index (χ0) is 12.5. The molecule has 2 aromatic rings. The third kappa shape index (κ3) is 2.32. The number of aromatic nitrogens is 1. The maximum absolute atomic E-state index is 12.7. The van der Waals surface area contributed by atoms with E-state index in [1.54, 1.807) is 6.07 Å². The number of hydrogen-bond acceptors (Lipinski definition) is 3. The molecule has 7 heteroatoms. The van der Waals surface area contributed by atoms with Crippen LogP contribution in [0.5, 0.6) is 0 Å². The van der Waals surface area contributed by atoms with Crippen molar-refractivity contribution in [1.82, 2.24) is 4.98 Å². The molecule has 0 aliphatic carbocycles. The van der Waals surface area contributed by atoms with Crippen molar-refractivity contribution in [3.05, 3.63) is 24.6 Å². The van der Waals surface area contributed by atoms with Crippen molar-refractivity contribution < 1.29 is 22.0 Å². The van der Waals surface area contributed by atoms with Crippen LogP contribution in [-0.4, -0.2) is 23.9 Å². The molecule has 1 N–H and O–H groups in total. The second-order valence-corrected chi connectivity index (χ2v) is 3.41. The molecule has 0 aliphatic heterocycles. The molecule has 0 saturated carbocycles. The fourth-order valence-corrected chi connectivity index (χ4v) is 1.31. The third-order valence-electron chi connectivity index (χ3n) is 2.19. The Kier molecular flexibility index (Phi) is 2.91. The summed E-state index contributed by atoms with van der Waals surface area (Å²) < 4.78 is 54.3. The Hall–Kier alpha value is -1.79. The van der Waals surface area contributed by atoms with E-state index in [9.17, 15) is 17.6 Å². The Bertz CT molecular complexity index is 512. The molecule has 0 aromatic carbocycles. The summed E-state index contributed by atoms with van der Waals surface area (Å²) in [6.45, 7) is -1.18. The first kappa shape index (κ1) is 11.7. The van der Waals surface area contributed by atoms with Crippen LogP contribution in [0, 0.1) is 0 Å². The molecule has 0 saturated heterocycles. The van der Waals surface area contributed by atoms with Crippen molar-refractivity contribution in [3.8, 4) is 0 Å². The lowest BCUT2D eigenvalue weighted by atomic mass is 10.3. The first-order valence-corrected chi connectivity index (χ1v) is 4.73. The average Bonchev–Trinajstić information content (AvgIpc) is 2.74. The lowest BCUT2D eigenvalue weighted by Gasteiger charge is -2.16. The van der Waals surface area contributed by atoms with Gasteiger partial charge in [-0.2, -0.15) is 8.78 Å². The van der Waals surface area contributed by atoms with Gasteiger partial charge in [-0.15, -0.1) is 0 Å². The fourth-order valence-electron chi connectivity index (χ4n) is 1.31. The number of nitrogens with zero attached hydrogens (tertiary/aromatic N) is 1. The van der Waals surface area contributed by atoms with E-state index in [4.69, 9.17) is 4.42 Å². The summed E-state index contributed by atoms with van der Waals surface area (Å²) in [7, 11) is 0. The second kappa shape index (κ2) is 4.23. The van der Waals surface area contributed by atoms with Crippen LogP contribution in [0.1, 0.15) is 0 Å². The monoisotopic (exact) mass is 248 g/mol. The van der Waals surface area contributed by atoms with Crippen LogP contribution in [0.2, 0.25) is 0 Å². The molecule has 0 fully saturated rings. The van der Waals surface area contributed by atoms with Crippen molar-refractivity contribution in [2.45, 2.75) is 12.3 Å². The van der Waals surface area contributed by atoms with Gasteiger partial charge >= 0.3 is 12.3 Å². The molecule has 0 bridgehead atoms. The fraction of sp³-hybridized carbons (Fsp3) is 0.300. The molecule has 2 aromatic heterocycles. The minimum Gasteiger partial charge on any atom is -0.464 e. The summed E-state index contributed by atoms with van der Waals surface area (Å²) in [6, 6.07) is 3.07. The molecule has 0 amide bonds. The molecule has 0 radical (unpaired) electrons. The zero-order valence-corrected chi connectivity index (χ0v) is 8.46. The molecule has 17 heavy (non-hydrogen) atoms. The van der Waals surface area contributed by atoms with Gasteiger partial charge in [0.15, 0.2) is 0 Å². The molecular weight excluding hydrogens is 240 g/mol. The van der Waals surface area contributed by atoms with E-state index >= 15 is 0 Å². The van der Waals surface area contributed by atoms with Crippen LogP contribution in [0.3, 0.4) is 0 Å².